The second-order valence-electron chi connectivity index (χ2n) is 5.33. The Labute approximate surface area is 104 Å². The molecule has 1 fully saturated rings. The van der Waals surface area contributed by atoms with Gasteiger partial charge < -0.3 is 4.90 Å². The Balaban J connectivity index is 2.03. The first-order chi connectivity index (χ1) is 8.16. The molecule has 0 N–H and O–H groups in total. The first kappa shape index (κ1) is 12.6. The molecule has 0 saturated carbocycles. The van der Waals surface area contributed by atoms with E-state index in [1.165, 1.54) is 37.9 Å². The van der Waals surface area contributed by atoms with E-state index in [4.69, 9.17) is 0 Å². The number of rotatable bonds is 2. The highest BCUT2D eigenvalue weighted by Gasteiger charge is 2.21. The van der Waals surface area contributed by atoms with Gasteiger partial charge in [-0.3, -0.25) is 0 Å². The van der Waals surface area contributed by atoms with Crippen molar-refractivity contribution >= 4 is 0 Å². The molecule has 2 heteroatoms. The molecule has 0 radical (unpaired) electrons. The molecule has 1 aliphatic heterocycles. The Morgan fingerprint density at radius 2 is 1.88 bits per heavy atom. The number of hydrogen-bond acceptors (Lipinski definition) is 1. The Morgan fingerprint density at radius 1 is 1.18 bits per heavy atom. The van der Waals surface area contributed by atoms with Gasteiger partial charge in [0.05, 0.1) is 0 Å². The van der Waals surface area contributed by atoms with Crippen molar-refractivity contribution in [2.75, 3.05) is 20.1 Å². The van der Waals surface area contributed by atoms with Gasteiger partial charge in [-0.2, -0.15) is 0 Å². The smallest absolute Gasteiger partial charge is 0.123 e. The molecule has 2 unspecified atom stereocenters. The number of nitrogens with zero attached hydrogens (tertiary/aromatic N) is 1. The zero-order valence-corrected chi connectivity index (χ0v) is 10.8. The summed E-state index contributed by atoms with van der Waals surface area (Å²) in [5, 5.41) is 0. The average molecular weight is 235 g/mol. The lowest BCUT2D eigenvalue weighted by Gasteiger charge is -2.23. The highest BCUT2D eigenvalue weighted by molar-refractivity contribution is 5.20. The Morgan fingerprint density at radius 3 is 2.59 bits per heavy atom. The fourth-order valence-corrected chi connectivity index (χ4v) is 2.80. The van der Waals surface area contributed by atoms with E-state index >= 15 is 0 Å². The first-order valence-electron chi connectivity index (χ1n) is 6.61. The zero-order valence-electron chi connectivity index (χ0n) is 10.8. The van der Waals surface area contributed by atoms with Crippen molar-refractivity contribution in [3.8, 4) is 0 Å². The van der Waals surface area contributed by atoms with E-state index in [0.717, 1.165) is 5.92 Å². The van der Waals surface area contributed by atoms with E-state index in [1.807, 2.05) is 12.1 Å². The van der Waals surface area contributed by atoms with Crippen LogP contribution in [0.3, 0.4) is 0 Å². The van der Waals surface area contributed by atoms with Gasteiger partial charge in [0, 0.05) is 0 Å². The Hall–Kier alpha value is -0.890. The molecule has 1 aromatic rings. The van der Waals surface area contributed by atoms with E-state index in [-0.39, 0.29) is 5.82 Å². The molecule has 94 valence electrons. The number of hydrogen-bond donors (Lipinski definition) is 0. The third-order valence-electron chi connectivity index (χ3n) is 4.10. The summed E-state index contributed by atoms with van der Waals surface area (Å²) < 4.78 is 12.9. The summed E-state index contributed by atoms with van der Waals surface area (Å²) in [7, 11) is 2.20. The molecule has 0 aliphatic carbocycles. The topological polar surface area (TPSA) is 3.24 Å². The molecular formula is C15H22FN. The fraction of sp³-hybridized carbons (Fsp3) is 0.600. The largest absolute Gasteiger partial charge is 0.306 e. The minimum Gasteiger partial charge on any atom is -0.306 e. The lowest BCUT2D eigenvalue weighted by Crippen LogP contribution is -2.19. The van der Waals surface area contributed by atoms with Crippen molar-refractivity contribution in [2.45, 2.75) is 32.1 Å². The van der Waals surface area contributed by atoms with Crippen LogP contribution in [-0.4, -0.2) is 25.0 Å². The van der Waals surface area contributed by atoms with Gasteiger partial charge in [0.15, 0.2) is 0 Å². The van der Waals surface area contributed by atoms with Gasteiger partial charge in [-0.1, -0.05) is 19.1 Å². The molecule has 1 heterocycles. The monoisotopic (exact) mass is 235 g/mol. The average Bonchev–Trinajstić information content (AvgIpc) is 2.54. The molecule has 1 nitrogen and oxygen atoms in total. The van der Waals surface area contributed by atoms with Gasteiger partial charge in [0.25, 0.3) is 0 Å². The molecule has 0 spiro atoms. The second kappa shape index (κ2) is 5.63. The van der Waals surface area contributed by atoms with Crippen LogP contribution in [0, 0.1) is 11.7 Å². The summed E-state index contributed by atoms with van der Waals surface area (Å²) in [6, 6.07) is 7.03. The normalized spacial score (nSPS) is 24.3. The van der Waals surface area contributed by atoms with Crippen molar-refractivity contribution in [3.05, 3.63) is 35.6 Å². The highest BCUT2D eigenvalue weighted by atomic mass is 19.1. The molecule has 1 aromatic carbocycles. The van der Waals surface area contributed by atoms with E-state index in [0.29, 0.717) is 5.92 Å². The molecule has 0 aromatic heterocycles. The maximum Gasteiger partial charge on any atom is 0.123 e. The van der Waals surface area contributed by atoms with Crippen LogP contribution in [0.5, 0.6) is 0 Å². The van der Waals surface area contributed by atoms with Crippen LogP contribution in [0.2, 0.25) is 0 Å². The summed E-state index contributed by atoms with van der Waals surface area (Å²) >= 11 is 0. The van der Waals surface area contributed by atoms with Crippen molar-refractivity contribution < 1.29 is 4.39 Å². The predicted octanol–water partition coefficient (Wildman–Crippen LogP) is 3.66. The fourth-order valence-electron chi connectivity index (χ4n) is 2.80. The molecule has 0 bridgehead atoms. The van der Waals surface area contributed by atoms with Gasteiger partial charge in [-0.15, -0.1) is 0 Å². The highest BCUT2D eigenvalue weighted by Crippen LogP contribution is 2.32. The summed E-state index contributed by atoms with van der Waals surface area (Å²) in [4.78, 5) is 2.41. The van der Waals surface area contributed by atoms with Gasteiger partial charge in [-0.25, -0.2) is 4.39 Å². The third kappa shape index (κ3) is 3.29. The maximum atomic E-state index is 12.9. The SMILES string of the molecule is CC(c1ccc(F)cc1)C1CCCN(C)CC1. The maximum absolute atomic E-state index is 12.9. The van der Waals surface area contributed by atoms with Crippen LogP contribution in [-0.2, 0) is 0 Å². The van der Waals surface area contributed by atoms with Crippen LogP contribution in [0.1, 0.15) is 37.7 Å². The van der Waals surface area contributed by atoms with E-state index in [1.54, 1.807) is 12.1 Å². The molecule has 2 rings (SSSR count). The van der Waals surface area contributed by atoms with Gasteiger partial charge in [0.1, 0.15) is 5.82 Å². The number of likely N-dealkylation sites (tertiary alicyclic amines) is 1. The minimum atomic E-state index is -0.137. The molecule has 2 atom stereocenters. The minimum absolute atomic E-state index is 0.137. The van der Waals surface area contributed by atoms with E-state index in [2.05, 4.69) is 18.9 Å². The van der Waals surface area contributed by atoms with E-state index < -0.39 is 0 Å². The second-order valence-corrected chi connectivity index (χ2v) is 5.33. The van der Waals surface area contributed by atoms with Crippen LogP contribution in [0.15, 0.2) is 24.3 Å². The van der Waals surface area contributed by atoms with Crippen molar-refractivity contribution in [3.63, 3.8) is 0 Å². The third-order valence-corrected chi connectivity index (χ3v) is 4.10. The van der Waals surface area contributed by atoms with Crippen molar-refractivity contribution in [2.24, 2.45) is 5.92 Å². The van der Waals surface area contributed by atoms with Gasteiger partial charge in [0.2, 0.25) is 0 Å². The molecule has 1 saturated heterocycles. The van der Waals surface area contributed by atoms with Crippen LogP contribution in [0.4, 0.5) is 4.39 Å². The van der Waals surface area contributed by atoms with Gasteiger partial charge >= 0.3 is 0 Å². The zero-order chi connectivity index (χ0) is 12.3. The van der Waals surface area contributed by atoms with Crippen LogP contribution < -0.4 is 0 Å². The molecule has 0 amide bonds. The van der Waals surface area contributed by atoms with Crippen LogP contribution in [0.25, 0.3) is 0 Å². The molecular weight excluding hydrogens is 213 g/mol. The van der Waals surface area contributed by atoms with Gasteiger partial charge in [-0.05, 0) is 68.9 Å². The van der Waals surface area contributed by atoms with Crippen molar-refractivity contribution in [1.29, 1.82) is 0 Å². The summed E-state index contributed by atoms with van der Waals surface area (Å²) in [6.45, 7) is 4.69. The quantitative estimate of drug-likeness (QED) is 0.756. The Bertz CT molecular complexity index is 346. The summed E-state index contributed by atoms with van der Waals surface area (Å²) in [6.07, 6.45) is 3.84. The lowest BCUT2D eigenvalue weighted by atomic mass is 9.83. The van der Waals surface area contributed by atoms with Crippen molar-refractivity contribution in [1.82, 2.24) is 4.90 Å². The molecule has 17 heavy (non-hydrogen) atoms. The summed E-state index contributed by atoms with van der Waals surface area (Å²) in [5.41, 5.74) is 1.28. The summed E-state index contributed by atoms with van der Waals surface area (Å²) in [5.74, 6) is 1.15. The standard InChI is InChI=1S/C15H22FN/c1-12(14-5-7-15(16)8-6-14)13-4-3-10-17(2)11-9-13/h5-8,12-13H,3-4,9-11H2,1-2H3. The first-order valence-corrected chi connectivity index (χ1v) is 6.61. The Kier molecular flexibility index (Phi) is 4.16. The lowest BCUT2D eigenvalue weighted by molar-refractivity contribution is 0.333. The number of halogens is 1. The molecule has 1 aliphatic rings. The van der Waals surface area contributed by atoms with Crippen LogP contribution >= 0.6 is 0 Å². The van der Waals surface area contributed by atoms with E-state index in [9.17, 15) is 4.39 Å². The predicted molar refractivity (Wildman–Crippen MR) is 69.7 cm³/mol. The number of benzene rings is 1.